The number of nitrogens with zero attached hydrogens (tertiary/aromatic N) is 1. The van der Waals surface area contributed by atoms with Crippen molar-refractivity contribution in [3.8, 4) is 11.8 Å². The number of aromatic hydroxyl groups is 1. The summed E-state index contributed by atoms with van der Waals surface area (Å²) in [5, 5.41) is 28.4. The van der Waals surface area contributed by atoms with Crippen LogP contribution in [0.25, 0.3) is 0 Å². The number of rotatable bonds is 3. The molecule has 88 valence electrons. The molecule has 0 unspecified atom stereocenters. The van der Waals surface area contributed by atoms with Gasteiger partial charge in [0.2, 0.25) is 5.91 Å². The summed E-state index contributed by atoms with van der Waals surface area (Å²) in [5.41, 5.74) is -1.19. The quantitative estimate of drug-likeness (QED) is 0.682. The van der Waals surface area contributed by atoms with Gasteiger partial charge in [0.1, 0.15) is 17.8 Å². The zero-order chi connectivity index (χ0) is 13.0. The number of hydrogen-bond acceptors (Lipinski definition) is 4. The van der Waals surface area contributed by atoms with Gasteiger partial charge in [0.05, 0.1) is 11.8 Å². The first-order valence-corrected chi connectivity index (χ1v) is 4.39. The SMILES string of the molecule is N#CCC(=O)Nc1ccc(F)c(C(=O)O)c1O. The number of carboxylic acids is 1. The van der Waals surface area contributed by atoms with Crippen LogP contribution in [0.2, 0.25) is 0 Å². The van der Waals surface area contributed by atoms with Crippen LogP contribution in [0.3, 0.4) is 0 Å². The number of amides is 1. The van der Waals surface area contributed by atoms with E-state index in [0.717, 1.165) is 12.1 Å². The Hall–Kier alpha value is -2.62. The van der Waals surface area contributed by atoms with Crippen LogP contribution < -0.4 is 5.32 Å². The van der Waals surface area contributed by atoms with Gasteiger partial charge in [-0.05, 0) is 12.1 Å². The van der Waals surface area contributed by atoms with Crippen molar-refractivity contribution in [3.63, 3.8) is 0 Å². The number of hydrogen-bond donors (Lipinski definition) is 3. The number of carboxylic acid groups (broad SMARTS) is 1. The smallest absolute Gasteiger partial charge is 0.342 e. The zero-order valence-electron chi connectivity index (χ0n) is 8.40. The molecule has 0 atom stereocenters. The molecule has 0 aliphatic carbocycles. The fraction of sp³-hybridized carbons (Fsp3) is 0.100. The highest BCUT2D eigenvalue weighted by molar-refractivity contribution is 5.98. The summed E-state index contributed by atoms with van der Waals surface area (Å²) < 4.78 is 13.1. The van der Waals surface area contributed by atoms with Crippen LogP contribution in [-0.2, 0) is 4.79 Å². The van der Waals surface area contributed by atoms with E-state index in [-0.39, 0.29) is 5.69 Å². The molecule has 6 nitrogen and oxygen atoms in total. The van der Waals surface area contributed by atoms with Gasteiger partial charge in [0.15, 0.2) is 5.75 Å². The van der Waals surface area contributed by atoms with E-state index in [1.807, 2.05) is 0 Å². The molecule has 0 fully saturated rings. The van der Waals surface area contributed by atoms with Crippen molar-refractivity contribution in [1.82, 2.24) is 0 Å². The first kappa shape index (κ1) is 12.4. The molecule has 0 aliphatic heterocycles. The van der Waals surface area contributed by atoms with Crippen molar-refractivity contribution in [2.45, 2.75) is 6.42 Å². The predicted octanol–water partition coefficient (Wildman–Crippen LogP) is 1.08. The highest BCUT2D eigenvalue weighted by Crippen LogP contribution is 2.29. The van der Waals surface area contributed by atoms with Gasteiger partial charge in [-0.3, -0.25) is 4.79 Å². The number of carbonyl (C=O) groups excluding carboxylic acids is 1. The van der Waals surface area contributed by atoms with Gasteiger partial charge in [0.25, 0.3) is 0 Å². The molecule has 1 aromatic carbocycles. The summed E-state index contributed by atoms with van der Waals surface area (Å²) in [5.74, 6) is -4.39. The summed E-state index contributed by atoms with van der Waals surface area (Å²) in [7, 11) is 0. The summed E-state index contributed by atoms with van der Waals surface area (Å²) in [4.78, 5) is 21.7. The molecule has 17 heavy (non-hydrogen) atoms. The number of benzene rings is 1. The second kappa shape index (κ2) is 4.94. The van der Waals surface area contributed by atoms with Crippen LogP contribution in [0.15, 0.2) is 12.1 Å². The standard InChI is InChI=1S/C10H7FN2O4/c11-5-1-2-6(13-7(14)3-4-12)9(15)8(5)10(16)17/h1-2,15H,3H2,(H,13,14)(H,16,17). The molecule has 0 heterocycles. The van der Waals surface area contributed by atoms with E-state index in [1.54, 1.807) is 6.07 Å². The molecule has 0 spiro atoms. The number of halogens is 1. The number of anilines is 1. The maximum absolute atomic E-state index is 13.1. The lowest BCUT2D eigenvalue weighted by Crippen LogP contribution is -2.12. The van der Waals surface area contributed by atoms with Crippen molar-refractivity contribution < 1.29 is 24.2 Å². The molecule has 1 rings (SSSR count). The summed E-state index contributed by atoms with van der Waals surface area (Å²) >= 11 is 0. The third-order valence-electron chi connectivity index (χ3n) is 1.85. The minimum atomic E-state index is -1.66. The predicted molar refractivity (Wildman–Crippen MR) is 53.9 cm³/mol. The molecule has 0 aromatic heterocycles. The average Bonchev–Trinajstić information content (AvgIpc) is 2.22. The Morgan fingerprint density at radius 1 is 1.47 bits per heavy atom. The number of carbonyl (C=O) groups is 2. The second-order valence-corrected chi connectivity index (χ2v) is 3.01. The molecule has 0 saturated carbocycles. The number of nitrogens with one attached hydrogen (secondary N) is 1. The summed E-state index contributed by atoms with van der Waals surface area (Å²) in [6, 6.07) is 3.37. The molecular weight excluding hydrogens is 231 g/mol. The Kier molecular flexibility index (Phi) is 3.62. The fourth-order valence-corrected chi connectivity index (χ4v) is 1.14. The highest BCUT2D eigenvalue weighted by Gasteiger charge is 2.19. The maximum Gasteiger partial charge on any atom is 0.342 e. The minimum absolute atomic E-state index is 0.260. The van der Waals surface area contributed by atoms with Crippen LogP contribution in [0.4, 0.5) is 10.1 Å². The molecule has 0 bridgehead atoms. The second-order valence-electron chi connectivity index (χ2n) is 3.01. The van der Waals surface area contributed by atoms with E-state index >= 15 is 0 Å². The molecule has 3 N–H and O–H groups in total. The first-order chi connectivity index (χ1) is 7.97. The van der Waals surface area contributed by atoms with Gasteiger partial charge in [-0.25, -0.2) is 9.18 Å². The van der Waals surface area contributed by atoms with Gasteiger partial charge in [-0.15, -0.1) is 0 Å². The molecule has 1 aromatic rings. The van der Waals surface area contributed by atoms with E-state index in [2.05, 4.69) is 5.32 Å². The monoisotopic (exact) mass is 238 g/mol. The molecule has 7 heteroatoms. The van der Waals surface area contributed by atoms with Gasteiger partial charge in [-0.1, -0.05) is 0 Å². The molecule has 0 aliphatic rings. The number of nitriles is 1. The highest BCUT2D eigenvalue weighted by atomic mass is 19.1. The summed E-state index contributed by atoms with van der Waals surface area (Å²) in [6.07, 6.45) is -0.459. The van der Waals surface area contributed by atoms with Crippen LogP contribution in [0.5, 0.6) is 5.75 Å². The average molecular weight is 238 g/mol. The van der Waals surface area contributed by atoms with Crippen LogP contribution in [0, 0.1) is 17.1 Å². The Morgan fingerprint density at radius 3 is 2.65 bits per heavy atom. The topological polar surface area (TPSA) is 110 Å². The number of aromatic carboxylic acids is 1. The van der Waals surface area contributed by atoms with Crippen LogP contribution >= 0.6 is 0 Å². The molecule has 0 saturated heterocycles. The summed E-state index contributed by atoms with van der Waals surface area (Å²) in [6.45, 7) is 0. The molecule has 0 radical (unpaired) electrons. The number of phenols is 1. The van der Waals surface area contributed by atoms with E-state index in [9.17, 15) is 19.1 Å². The lowest BCUT2D eigenvalue weighted by atomic mass is 10.1. The van der Waals surface area contributed by atoms with E-state index in [1.165, 1.54) is 0 Å². The Bertz CT molecular complexity index is 522. The lowest BCUT2D eigenvalue weighted by Gasteiger charge is -2.08. The molecular formula is C10H7FN2O4. The van der Waals surface area contributed by atoms with Crippen molar-refractivity contribution in [2.75, 3.05) is 5.32 Å². The maximum atomic E-state index is 13.1. The van der Waals surface area contributed by atoms with Crippen LogP contribution in [-0.4, -0.2) is 22.1 Å². The van der Waals surface area contributed by atoms with Gasteiger partial charge in [0, 0.05) is 0 Å². The normalized spacial score (nSPS) is 9.41. The third kappa shape index (κ3) is 2.69. The largest absolute Gasteiger partial charge is 0.505 e. The van der Waals surface area contributed by atoms with Crippen molar-refractivity contribution >= 4 is 17.6 Å². The van der Waals surface area contributed by atoms with E-state index in [4.69, 9.17) is 10.4 Å². The zero-order valence-corrected chi connectivity index (χ0v) is 8.40. The van der Waals surface area contributed by atoms with Gasteiger partial charge >= 0.3 is 5.97 Å². The first-order valence-electron chi connectivity index (χ1n) is 4.39. The van der Waals surface area contributed by atoms with Crippen molar-refractivity contribution in [1.29, 1.82) is 5.26 Å². The van der Waals surface area contributed by atoms with Gasteiger partial charge < -0.3 is 15.5 Å². The van der Waals surface area contributed by atoms with Gasteiger partial charge in [-0.2, -0.15) is 5.26 Å². The minimum Gasteiger partial charge on any atom is -0.505 e. The Balaban J connectivity index is 3.12. The van der Waals surface area contributed by atoms with E-state index in [0.29, 0.717) is 0 Å². The lowest BCUT2D eigenvalue weighted by molar-refractivity contribution is -0.115. The fourth-order valence-electron chi connectivity index (χ4n) is 1.14. The van der Waals surface area contributed by atoms with Crippen molar-refractivity contribution in [3.05, 3.63) is 23.5 Å². The van der Waals surface area contributed by atoms with Crippen molar-refractivity contribution in [2.24, 2.45) is 0 Å². The Morgan fingerprint density at radius 2 is 2.12 bits per heavy atom. The van der Waals surface area contributed by atoms with Crippen LogP contribution in [0.1, 0.15) is 16.8 Å². The molecule has 1 amide bonds. The third-order valence-corrected chi connectivity index (χ3v) is 1.85. The van der Waals surface area contributed by atoms with E-state index < -0.39 is 35.4 Å². The Labute approximate surface area is 94.9 Å².